The number of hydrogen-bond acceptors (Lipinski definition) is 6. The Bertz CT molecular complexity index is 1050. The van der Waals surface area contributed by atoms with E-state index >= 15 is 0 Å². The molecule has 9 heteroatoms. The van der Waals surface area contributed by atoms with E-state index in [2.05, 4.69) is 10.6 Å². The molecular formula is C23H23N3O6. The van der Waals surface area contributed by atoms with Crippen LogP contribution in [-0.4, -0.2) is 53.6 Å². The first-order valence-corrected chi connectivity index (χ1v) is 10.1. The zero-order valence-electron chi connectivity index (χ0n) is 17.7. The highest BCUT2D eigenvalue weighted by Gasteiger charge is 2.40. The van der Waals surface area contributed by atoms with Crippen LogP contribution in [0.5, 0.6) is 5.75 Å². The van der Waals surface area contributed by atoms with Crippen LogP contribution in [-0.2, 0) is 9.59 Å². The number of fused-ring (bicyclic) bond motifs is 1. The minimum Gasteiger partial charge on any atom is -0.427 e. The van der Waals surface area contributed by atoms with Gasteiger partial charge in [-0.15, -0.1) is 0 Å². The van der Waals surface area contributed by atoms with Gasteiger partial charge in [-0.3, -0.25) is 28.9 Å². The average molecular weight is 437 g/mol. The summed E-state index contributed by atoms with van der Waals surface area (Å²) in [4.78, 5) is 61.6. The smallest absolute Gasteiger partial charge is 0.308 e. The zero-order chi connectivity index (χ0) is 23.3. The van der Waals surface area contributed by atoms with Crippen molar-refractivity contribution in [2.24, 2.45) is 0 Å². The SMILES string of the molecule is CC(=O)Oc1cccc(C(=O)NCCCNC(=O)C(C)N2C(=O)c3ccccc3C2=O)c1. The molecule has 0 radical (unpaired) electrons. The number of hydrogen-bond donors (Lipinski definition) is 2. The summed E-state index contributed by atoms with van der Waals surface area (Å²) in [5, 5.41) is 5.39. The van der Waals surface area contributed by atoms with E-state index in [1.165, 1.54) is 19.9 Å². The summed E-state index contributed by atoms with van der Waals surface area (Å²) in [6, 6.07) is 11.7. The second-order valence-electron chi connectivity index (χ2n) is 7.22. The first-order valence-electron chi connectivity index (χ1n) is 10.1. The van der Waals surface area contributed by atoms with Gasteiger partial charge in [0.05, 0.1) is 11.1 Å². The molecule has 2 aromatic rings. The van der Waals surface area contributed by atoms with Gasteiger partial charge in [-0.1, -0.05) is 18.2 Å². The molecule has 0 spiro atoms. The summed E-state index contributed by atoms with van der Waals surface area (Å²) < 4.78 is 4.96. The fraction of sp³-hybridized carbons (Fsp3) is 0.261. The molecule has 32 heavy (non-hydrogen) atoms. The highest BCUT2D eigenvalue weighted by Crippen LogP contribution is 2.24. The molecule has 9 nitrogen and oxygen atoms in total. The molecule has 4 amide bonds. The van der Waals surface area contributed by atoms with Crippen LogP contribution in [0.2, 0.25) is 0 Å². The van der Waals surface area contributed by atoms with Crippen molar-refractivity contribution in [1.29, 1.82) is 0 Å². The van der Waals surface area contributed by atoms with Crippen molar-refractivity contribution in [3.8, 4) is 5.75 Å². The molecule has 0 fully saturated rings. The Morgan fingerprint density at radius 3 is 2.19 bits per heavy atom. The first kappa shape index (κ1) is 22.7. The summed E-state index contributed by atoms with van der Waals surface area (Å²) >= 11 is 0. The second-order valence-corrected chi connectivity index (χ2v) is 7.22. The third kappa shape index (κ3) is 5.00. The Labute approximate surface area is 184 Å². The molecule has 0 saturated carbocycles. The maximum atomic E-state index is 12.5. The molecule has 0 aromatic heterocycles. The number of carbonyl (C=O) groups excluding carboxylic acids is 5. The van der Waals surface area contributed by atoms with Crippen LogP contribution in [0.1, 0.15) is 51.3 Å². The molecule has 2 aromatic carbocycles. The summed E-state index contributed by atoms with van der Waals surface area (Å²) in [6.45, 7) is 3.31. The van der Waals surface area contributed by atoms with Gasteiger partial charge in [-0.2, -0.15) is 0 Å². The number of rotatable bonds is 8. The normalized spacial score (nSPS) is 13.4. The van der Waals surface area contributed by atoms with Crippen molar-refractivity contribution in [3.63, 3.8) is 0 Å². The van der Waals surface area contributed by atoms with E-state index in [1.54, 1.807) is 42.5 Å². The van der Waals surface area contributed by atoms with Crippen molar-refractivity contribution in [1.82, 2.24) is 15.5 Å². The molecule has 1 unspecified atom stereocenters. The quantitative estimate of drug-likeness (QED) is 0.280. The van der Waals surface area contributed by atoms with Gasteiger partial charge in [-0.05, 0) is 43.7 Å². The highest BCUT2D eigenvalue weighted by molar-refractivity contribution is 6.22. The van der Waals surface area contributed by atoms with Crippen LogP contribution in [0.3, 0.4) is 0 Å². The molecule has 1 aliphatic rings. The summed E-state index contributed by atoms with van der Waals surface area (Å²) in [5.74, 6) is -1.98. The van der Waals surface area contributed by atoms with Crippen molar-refractivity contribution in [2.45, 2.75) is 26.3 Å². The van der Waals surface area contributed by atoms with E-state index in [4.69, 9.17) is 4.74 Å². The monoisotopic (exact) mass is 437 g/mol. The van der Waals surface area contributed by atoms with Crippen molar-refractivity contribution in [2.75, 3.05) is 13.1 Å². The predicted octanol–water partition coefficient (Wildman–Crippen LogP) is 1.53. The minimum absolute atomic E-state index is 0.250. The number of amides is 4. The minimum atomic E-state index is -0.957. The molecule has 1 aliphatic heterocycles. The number of nitrogens with zero attached hydrogens (tertiary/aromatic N) is 1. The zero-order valence-corrected chi connectivity index (χ0v) is 17.7. The lowest BCUT2D eigenvalue weighted by Gasteiger charge is -2.21. The second kappa shape index (κ2) is 9.86. The van der Waals surface area contributed by atoms with Crippen LogP contribution in [0.15, 0.2) is 48.5 Å². The lowest BCUT2D eigenvalue weighted by atomic mass is 10.1. The van der Waals surface area contributed by atoms with E-state index < -0.39 is 29.7 Å². The van der Waals surface area contributed by atoms with Crippen LogP contribution in [0, 0.1) is 0 Å². The Morgan fingerprint density at radius 1 is 0.938 bits per heavy atom. The number of imide groups is 1. The molecule has 166 valence electrons. The predicted molar refractivity (Wildman–Crippen MR) is 114 cm³/mol. The van der Waals surface area contributed by atoms with Gasteiger partial charge in [0.25, 0.3) is 17.7 Å². The van der Waals surface area contributed by atoms with Gasteiger partial charge in [0.1, 0.15) is 11.8 Å². The molecule has 2 N–H and O–H groups in total. The fourth-order valence-electron chi connectivity index (χ4n) is 3.30. The molecular weight excluding hydrogens is 414 g/mol. The molecule has 1 atom stereocenters. The van der Waals surface area contributed by atoms with E-state index in [0.717, 1.165) is 4.90 Å². The van der Waals surface area contributed by atoms with Gasteiger partial charge < -0.3 is 15.4 Å². The number of nitrogens with one attached hydrogen (secondary N) is 2. The van der Waals surface area contributed by atoms with Gasteiger partial charge in [-0.25, -0.2) is 0 Å². The van der Waals surface area contributed by atoms with Crippen molar-refractivity contribution in [3.05, 3.63) is 65.2 Å². The summed E-state index contributed by atoms with van der Waals surface area (Å²) in [7, 11) is 0. The third-order valence-electron chi connectivity index (χ3n) is 4.89. The van der Waals surface area contributed by atoms with E-state index in [9.17, 15) is 24.0 Å². The van der Waals surface area contributed by atoms with Crippen LogP contribution >= 0.6 is 0 Å². The average Bonchev–Trinajstić information content (AvgIpc) is 3.02. The molecule has 1 heterocycles. The van der Waals surface area contributed by atoms with Crippen LogP contribution in [0.25, 0.3) is 0 Å². The van der Waals surface area contributed by atoms with Crippen molar-refractivity contribution < 1.29 is 28.7 Å². The molecule has 0 saturated heterocycles. The van der Waals surface area contributed by atoms with E-state index in [-0.39, 0.29) is 35.9 Å². The summed E-state index contributed by atoms with van der Waals surface area (Å²) in [6.07, 6.45) is 0.440. The number of esters is 1. The highest BCUT2D eigenvalue weighted by atomic mass is 16.5. The standard InChI is InChI=1S/C23H23N3O6/c1-14(26-22(30)18-9-3-4-10-19(18)23(26)31)20(28)24-11-6-12-25-21(29)16-7-5-8-17(13-16)32-15(2)27/h3-5,7-10,13-14H,6,11-12H2,1-2H3,(H,24,28)(H,25,29). The number of carbonyl (C=O) groups is 5. The maximum absolute atomic E-state index is 12.5. The molecule has 3 rings (SSSR count). The van der Waals surface area contributed by atoms with Gasteiger partial charge in [0.2, 0.25) is 5.91 Å². The fourth-order valence-corrected chi connectivity index (χ4v) is 3.30. The summed E-state index contributed by atoms with van der Waals surface area (Å²) in [5.41, 5.74) is 0.919. The molecule has 0 aliphatic carbocycles. The molecule has 0 bridgehead atoms. The Balaban J connectivity index is 1.44. The maximum Gasteiger partial charge on any atom is 0.308 e. The topological polar surface area (TPSA) is 122 Å². The van der Waals surface area contributed by atoms with Gasteiger partial charge in [0, 0.05) is 25.6 Å². The third-order valence-corrected chi connectivity index (χ3v) is 4.89. The van der Waals surface area contributed by atoms with Crippen molar-refractivity contribution >= 4 is 29.6 Å². The number of ether oxygens (including phenoxy) is 1. The number of benzene rings is 2. The van der Waals surface area contributed by atoms with Crippen LogP contribution in [0.4, 0.5) is 0 Å². The Morgan fingerprint density at radius 2 is 1.56 bits per heavy atom. The lowest BCUT2D eigenvalue weighted by Crippen LogP contribution is -2.48. The Hall–Kier alpha value is -4.01. The van der Waals surface area contributed by atoms with E-state index in [0.29, 0.717) is 12.0 Å². The Kier molecular flexibility index (Phi) is 6.99. The van der Waals surface area contributed by atoms with Gasteiger partial charge in [0.15, 0.2) is 0 Å². The van der Waals surface area contributed by atoms with Gasteiger partial charge >= 0.3 is 5.97 Å². The largest absolute Gasteiger partial charge is 0.427 e. The van der Waals surface area contributed by atoms with Crippen LogP contribution < -0.4 is 15.4 Å². The first-order chi connectivity index (χ1) is 15.3. The lowest BCUT2D eigenvalue weighted by molar-refractivity contribution is -0.132. The van der Waals surface area contributed by atoms with E-state index in [1.807, 2.05) is 0 Å².